The predicted octanol–water partition coefficient (Wildman–Crippen LogP) is 3.40. The maximum absolute atomic E-state index is 5.38. The van der Waals surface area contributed by atoms with Crippen molar-refractivity contribution in [2.24, 2.45) is 0 Å². The van der Waals surface area contributed by atoms with E-state index >= 15 is 0 Å². The Hall–Kier alpha value is -1.02. The van der Waals surface area contributed by atoms with Gasteiger partial charge < -0.3 is 10.1 Å². The average Bonchev–Trinajstić information content (AvgIpc) is 2.36. The molecule has 1 unspecified atom stereocenters. The van der Waals surface area contributed by atoms with E-state index in [1.165, 1.54) is 18.4 Å². The van der Waals surface area contributed by atoms with Gasteiger partial charge in [0.05, 0.1) is 7.11 Å². The van der Waals surface area contributed by atoms with Crippen LogP contribution in [0, 0.1) is 0 Å². The molecule has 0 bridgehead atoms. The molecule has 1 aromatic carbocycles. The van der Waals surface area contributed by atoms with Gasteiger partial charge in [-0.3, -0.25) is 0 Å². The normalized spacial score (nSPS) is 12.8. The Morgan fingerprint density at radius 2 is 1.82 bits per heavy atom. The van der Waals surface area contributed by atoms with Crippen LogP contribution in [-0.4, -0.2) is 19.2 Å². The highest BCUT2D eigenvalue weighted by atomic mass is 16.5. The molecule has 96 valence electrons. The van der Waals surface area contributed by atoms with E-state index in [4.69, 9.17) is 4.74 Å². The summed E-state index contributed by atoms with van der Waals surface area (Å²) in [4.78, 5) is 0. The van der Waals surface area contributed by atoms with Gasteiger partial charge in [-0.15, -0.1) is 0 Å². The van der Waals surface area contributed by atoms with E-state index in [1.807, 2.05) is 12.1 Å². The van der Waals surface area contributed by atoms with Crippen molar-refractivity contribution in [3.05, 3.63) is 29.8 Å². The molecule has 1 aromatic rings. The van der Waals surface area contributed by atoms with E-state index in [9.17, 15) is 0 Å². The zero-order chi connectivity index (χ0) is 12.7. The van der Waals surface area contributed by atoms with Gasteiger partial charge in [0.25, 0.3) is 0 Å². The van der Waals surface area contributed by atoms with Crippen LogP contribution >= 0.6 is 0 Å². The summed E-state index contributed by atoms with van der Waals surface area (Å²) in [5.41, 5.74) is 1.28. The molecule has 0 amide bonds. The van der Waals surface area contributed by atoms with Crippen LogP contribution in [0.2, 0.25) is 0 Å². The molecule has 0 saturated heterocycles. The Morgan fingerprint density at radius 3 is 2.41 bits per heavy atom. The lowest BCUT2D eigenvalue weighted by molar-refractivity contribution is 0.395. The van der Waals surface area contributed by atoms with Crippen molar-refractivity contribution < 1.29 is 4.74 Å². The van der Waals surface area contributed by atoms with Crippen LogP contribution in [0.25, 0.3) is 0 Å². The monoisotopic (exact) mass is 235 g/mol. The maximum atomic E-state index is 5.38. The first kappa shape index (κ1) is 14.0. The summed E-state index contributed by atoms with van der Waals surface area (Å²) in [5, 5.41) is 3.66. The molecule has 0 spiro atoms. The van der Waals surface area contributed by atoms with Gasteiger partial charge in [-0.1, -0.05) is 32.0 Å². The average molecular weight is 235 g/mol. The summed E-state index contributed by atoms with van der Waals surface area (Å²) in [6.45, 7) is 6.71. The number of benzene rings is 1. The number of rotatable bonds is 7. The second-order valence-electron chi connectivity index (χ2n) is 4.60. The molecule has 0 saturated carbocycles. The van der Waals surface area contributed by atoms with E-state index in [0.717, 1.165) is 12.2 Å². The molecule has 0 heterocycles. The lowest BCUT2D eigenvalue weighted by Crippen LogP contribution is -2.37. The first-order chi connectivity index (χ1) is 8.21. The third-order valence-corrected chi connectivity index (χ3v) is 3.22. The molecule has 0 aliphatic rings. The summed E-state index contributed by atoms with van der Waals surface area (Å²) in [6.07, 6.45) is 3.39. The molecule has 0 aliphatic heterocycles. The van der Waals surface area contributed by atoms with E-state index in [0.29, 0.717) is 12.1 Å². The van der Waals surface area contributed by atoms with Crippen molar-refractivity contribution >= 4 is 0 Å². The number of methoxy groups -OCH3 is 1. The molecule has 2 heteroatoms. The Kier molecular flexibility index (Phi) is 6.06. The molecule has 1 atom stereocenters. The minimum Gasteiger partial charge on any atom is -0.496 e. The molecule has 0 aliphatic carbocycles. The first-order valence-corrected chi connectivity index (χ1v) is 6.59. The molecule has 0 fully saturated rings. The highest BCUT2D eigenvalue weighted by Crippen LogP contribution is 2.19. The van der Waals surface area contributed by atoms with Crippen LogP contribution in [0.1, 0.15) is 39.2 Å². The Labute approximate surface area is 105 Å². The Bertz CT molecular complexity index is 320. The van der Waals surface area contributed by atoms with E-state index < -0.39 is 0 Å². The highest BCUT2D eigenvalue weighted by Gasteiger charge is 2.11. The number of para-hydroxylation sites is 1. The Balaban J connectivity index is 2.58. The quantitative estimate of drug-likeness (QED) is 0.782. The third-order valence-electron chi connectivity index (χ3n) is 3.22. The van der Waals surface area contributed by atoms with Crippen molar-refractivity contribution in [1.29, 1.82) is 0 Å². The third kappa shape index (κ3) is 4.39. The van der Waals surface area contributed by atoms with Gasteiger partial charge in [0.15, 0.2) is 0 Å². The summed E-state index contributed by atoms with van der Waals surface area (Å²) >= 11 is 0. The fraction of sp³-hybridized carbons (Fsp3) is 0.600. The minimum atomic E-state index is 0.483. The number of hydrogen-bond acceptors (Lipinski definition) is 2. The van der Waals surface area contributed by atoms with Crippen molar-refractivity contribution in [3.63, 3.8) is 0 Å². The second kappa shape index (κ2) is 7.33. The molecule has 1 N–H and O–H groups in total. The van der Waals surface area contributed by atoms with Gasteiger partial charge in [0, 0.05) is 12.1 Å². The number of ether oxygens (including phenoxy) is 1. The molecule has 17 heavy (non-hydrogen) atoms. The number of hydrogen-bond donors (Lipinski definition) is 1. The van der Waals surface area contributed by atoms with Crippen LogP contribution < -0.4 is 10.1 Å². The molecule has 0 radical (unpaired) electrons. The van der Waals surface area contributed by atoms with Crippen LogP contribution in [0.15, 0.2) is 24.3 Å². The zero-order valence-corrected chi connectivity index (χ0v) is 11.5. The van der Waals surface area contributed by atoms with Crippen molar-refractivity contribution in [2.75, 3.05) is 7.11 Å². The minimum absolute atomic E-state index is 0.483. The molecular weight excluding hydrogens is 210 g/mol. The summed E-state index contributed by atoms with van der Waals surface area (Å²) < 4.78 is 5.38. The van der Waals surface area contributed by atoms with Crippen molar-refractivity contribution in [3.8, 4) is 5.75 Å². The Morgan fingerprint density at radius 1 is 1.18 bits per heavy atom. The van der Waals surface area contributed by atoms with Crippen molar-refractivity contribution in [2.45, 2.75) is 52.1 Å². The fourth-order valence-corrected chi connectivity index (χ4v) is 2.19. The van der Waals surface area contributed by atoms with Crippen LogP contribution in [-0.2, 0) is 6.42 Å². The maximum Gasteiger partial charge on any atom is 0.122 e. The van der Waals surface area contributed by atoms with E-state index in [1.54, 1.807) is 7.11 Å². The van der Waals surface area contributed by atoms with Crippen molar-refractivity contribution in [1.82, 2.24) is 5.32 Å². The summed E-state index contributed by atoms with van der Waals surface area (Å²) in [7, 11) is 1.73. The fourth-order valence-electron chi connectivity index (χ4n) is 2.19. The summed E-state index contributed by atoms with van der Waals surface area (Å²) in [5.74, 6) is 0.991. The van der Waals surface area contributed by atoms with E-state index in [-0.39, 0.29) is 0 Å². The van der Waals surface area contributed by atoms with Crippen LogP contribution in [0.5, 0.6) is 5.75 Å². The standard InChI is InChI=1S/C15H25NO/c1-5-14(6-2)16-12(3)11-13-9-7-8-10-15(13)17-4/h7-10,12,14,16H,5-6,11H2,1-4H3. The molecule has 1 rings (SSSR count). The molecule has 0 aromatic heterocycles. The van der Waals surface area contributed by atoms with Gasteiger partial charge in [-0.25, -0.2) is 0 Å². The van der Waals surface area contributed by atoms with Gasteiger partial charge >= 0.3 is 0 Å². The zero-order valence-electron chi connectivity index (χ0n) is 11.5. The SMILES string of the molecule is CCC(CC)NC(C)Cc1ccccc1OC. The van der Waals surface area contributed by atoms with Gasteiger partial charge in [0.1, 0.15) is 5.75 Å². The largest absolute Gasteiger partial charge is 0.496 e. The van der Waals surface area contributed by atoms with Crippen LogP contribution in [0.4, 0.5) is 0 Å². The van der Waals surface area contributed by atoms with Gasteiger partial charge in [0.2, 0.25) is 0 Å². The first-order valence-electron chi connectivity index (χ1n) is 6.59. The molecular formula is C15H25NO. The lowest BCUT2D eigenvalue weighted by atomic mass is 10.0. The van der Waals surface area contributed by atoms with Gasteiger partial charge in [-0.05, 0) is 37.8 Å². The van der Waals surface area contributed by atoms with Gasteiger partial charge in [-0.2, -0.15) is 0 Å². The number of nitrogens with one attached hydrogen (secondary N) is 1. The highest BCUT2D eigenvalue weighted by molar-refractivity contribution is 5.33. The smallest absolute Gasteiger partial charge is 0.122 e. The topological polar surface area (TPSA) is 21.3 Å². The van der Waals surface area contributed by atoms with Crippen LogP contribution in [0.3, 0.4) is 0 Å². The summed E-state index contributed by atoms with van der Waals surface area (Å²) in [6, 6.07) is 9.36. The second-order valence-corrected chi connectivity index (χ2v) is 4.60. The van der Waals surface area contributed by atoms with E-state index in [2.05, 4.69) is 38.2 Å². The molecule has 2 nitrogen and oxygen atoms in total. The predicted molar refractivity (Wildman–Crippen MR) is 73.7 cm³/mol. The lowest BCUT2D eigenvalue weighted by Gasteiger charge is -2.21.